The van der Waals surface area contributed by atoms with Crippen molar-refractivity contribution in [1.29, 1.82) is 0 Å². The fourth-order valence-electron chi connectivity index (χ4n) is 1.68. The quantitative estimate of drug-likeness (QED) is 0.626. The van der Waals surface area contributed by atoms with Crippen LogP contribution in [-0.4, -0.2) is 33.0 Å². The minimum atomic E-state index is 0.543. The molecule has 19 heavy (non-hydrogen) atoms. The molecule has 0 fully saturated rings. The predicted octanol–water partition coefficient (Wildman–Crippen LogP) is 2.61. The van der Waals surface area contributed by atoms with Gasteiger partial charge in [-0.25, -0.2) is 0 Å². The average Bonchev–Trinajstić information content (AvgIpc) is 2.44. The molecule has 1 rings (SSSR count). The zero-order valence-electron chi connectivity index (χ0n) is 11.8. The van der Waals surface area contributed by atoms with E-state index in [2.05, 4.69) is 0 Å². The zero-order chi connectivity index (χ0) is 13.8. The maximum absolute atomic E-state index is 5.65. The third kappa shape index (κ3) is 7.03. The summed E-state index contributed by atoms with van der Waals surface area (Å²) in [7, 11) is 0. The minimum absolute atomic E-state index is 0.543. The van der Waals surface area contributed by atoms with Gasteiger partial charge in [-0.1, -0.05) is 12.1 Å². The number of para-hydroxylation sites is 2. The highest BCUT2D eigenvalue weighted by molar-refractivity contribution is 5.39. The Morgan fingerprint density at radius 3 is 2.32 bits per heavy atom. The Kier molecular flexibility index (Phi) is 8.85. The van der Waals surface area contributed by atoms with Crippen LogP contribution in [0, 0.1) is 0 Å². The molecule has 0 bridgehead atoms. The molecular weight excluding hydrogens is 242 g/mol. The molecule has 0 radical (unpaired) electrons. The maximum atomic E-state index is 5.65. The molecular formula is C15H25NO3. The average molecular weight is 267 g/mol. The molecule has 2 N–H and O–H groups in total. The molecule has 0 saturated heterocycles. The summed E-state index contributed by atoms with van der Waals surface area (Å²) in [5.41, 5.74) is 5.42. The summed E-state index contributed by atoms with van der Waals surface area (Å²) in [6.45, 7) is 5.27. The summed E-state index contributed by atoms with van der Waals surface area (Å²) < 4.78 is 16.6. The summed E-state index contributed by atoms with van der Waals surface area (Å²) in [5.74, 6) is 1.56. The lowest BCUT2D eigenvalue weighted by Gasteiger charge is -2.11. The number of hydrogen-bond acceptors (Lipinski definition) is 4. The van der Waals surface area contributed by atoms with E-state index in [0.717, 1.165) is 43.9 Å². The van der Waals surface area contributed by atoms with Gasteiger partial charge in [-0.2, -0.15) is 0 Å². The van der Waals surface area contributed by atoms with Crippen molar-refractivity contribution in [1.82, 2.24) is 0 Å². The van der Waals surface area contributed by atoms with Crippen LogP contribution in [0.15, 0.2) is 24.3 Å². The van der Waals surface area contributed by atoms with Crippen LogP contribution >= 0.6 is 0 Å². The van der Waals surface area contributed by atoms with Crippen LogP contribution in [0.4, 0.5) is 0 Å². The Balaban J connectivity index is 2.12. The second-order valence-electron chi connectivity index (χ2n) is 4.19. The lowest BCUT2D eigenvalue weighted by Crippen LogP contribution is -2.08. The van der Waals surface area contributed by atoms with Gasteiger partial charge in [0.15, 0.2) is 11.5 Å². The molecule has 4 heteroatoms. The number of hydrogen-bond donors (Lipinski definition) is 1. The second-order valence-corrected chi connectivity index (χ2v) is 4.19. The lowest BCUT2D eigenvalue weighted by atomic mass is 10.2. The van der Waals surface area contributed by atoms with E-state index in [1.165, 1.54) is 0 Å². The first-order valence-corrected chi connectivity index (χ1v) is 7.01. The molecule has 0 atom stereocenters. The summed E-state index contributed by atoms with van der Waals surface area (Å²) in [6, 6.07) is 7.69. The maximum Gasteiger partial charge on any atom is 0.161 e. The smallest absolute Gasteiger partial charge is 0.161 e. The fraction of sp³-hybridized carbons (Fsp3) is 0.600. The van der Waals surface area contributed by atoms with E-state index in [4.69, 9.17) is 19.9 Å². The standard InChI is InChI=1S/C15H25NO3/c1-2-18-14-8-4-5-9-15(14)19-13-12-17-11-7-3-6-10-16/h4-5,8-9H,2-3,6-7,10-13,16H2,1H3. The molecule has 0 heterocycles. The van der Waals surface area contributed by atoms with Gasteiger partial charge in [0.2, 0.25) is 0 Å². The van der Waals surface area contributed by atoms with Crippen LogP contribution in [0.3, 0.4) is 0 Å². The number of ether oxygens (including phenoxy) is 3. The molecule has 1 aromatic carbocycles. The third-order valence-corrected chi connectivity index (χ3v) is 2.63. The van der Waals surface area contributed by atoms with Gasteiger partial charge in [0.05, 0.1) is 13.2 Å². The largest absolute Gasteiger partial charge is 0.490 e. The monoisotopic (exact) mass is 267 g/mol. The van der Waals surface area contributed by atoms with Crippen molar-refractivity contribution in [3.05, 3.63) is 24.3 Å². The minimum Gasteiger partial charge on any atom is -0.490 e. The van der Waals surface area contributed by atoms with Gasteiger partial charge >= 0.3 is 0 Å². The van der Waals surface area contributed by atoms with E-state index >= 15 is 0 Å². The van der Waals surface area contributed by atoms with E-state index in [-0.39, 0.29) is 0 Å². The van der Waals surface area contributed by atoms with Gasteiger partial charge in [-0.3, -0.25) is 0 Å². The fourth-order valence-corrected chi connectivity index (χ4v) is 1.68. The highest BCUT2D eigenvalue weighted by Crippen LogP contribution is 2.26. The summed E-state index contributed by atoms with van der Waals surface area (Å²) in [5, 5.41) is 0. The topological polar surface area (TPSA) is 53.7 Å². The summed E-state index contributed by atoms with van der Waals surface area (Å²) in [6.07, 6.45) is 3.26. The Morgan fingerprint density at radius 2 is 1.63 bits per heavy atom. The van der Waals surface area contributed by atoms with E-state index in [1.54, 1.807) is 0 Å². The molecule has 0 aliphatic rings. The van der Waals surface area contributed by atoms with E-state index in [0.29, 0.717) is 19.8 Å². The van der Waals surface area contributed by atoms with Crippen LogP contribution in [0.1, 0.15) is 26.2 Å². The van der Waals surface area contributed by atoms with Crippen molar-refractivity contribution >= 4 is 0 Å². The lowest BCUT2D eigenvalue weighted by molar-refractivity contribution is 0.0959. The van der Waals surface area contributed by atoms with Crippen molar-refractivity contribution in [2.75, 3.05) is 33.0 Å². The first-order chi connectivity index (χ1) is 9.38. The highest BCUT2D eigenvalue weighted by Gasteiger charge is 2.02. The second kappa shape index (κ2) is 10.6. The zero-order valence-corrected chi connectivity index (χ0v) is 11.8. The Hall–Kier alpha value is -1.26. The van der Waals surface area contributed by atoms with Crippen LogP contribution in [-0.2, 0) is 4.74 Å². The van der Waals surface area contributed by atoms with Crippen molar-refractivity contribution < 1.29 is 14.2 Å². The Labute approximate surface area is 115 Å². The number of benzene rings is 1. The molecule has 108 valence electrons. The molecule has 1 aromatic rings. The molecule has 0 saturated carbocycles. The normalized spacial score (nSPS) is 10.4. The first-order valence-electron chi connectivity index (χ1n) is 7.01. The molecule has 4 nitrogen and oxygen atoms in total. The van der Waals surface area contributed by atoms with Crippen LogP contribution in [0.2, 0.25) is 0 Å². The summed E-state index contributed by atoms with van der Waals surface area (Å²) >= 11 is 0. The van der Waals surface area contributed by atoms with E-state index in [9.17, 15) is 0 Å². The molecule has 0 aromatic heterocycles. The first kappa shape index (κ1) is 15.8. The third-order valence-electron chi connectivity index (χ3n) is 2.63. The van der Waals surface area contributed by atoms with Gasteiger partial charge in [0.25, 0.3) is 0 Å². The van der Waals surface area contributed by atoms with Crippen molar-refractivity contribution in [2.45, 2.75) is 26.2 Å². The molecule has 0 aliphatic heterocycles. The van der Waals surface area contributed by atoms with Gasteiger partial charge < -0.3 is 19.9 Å². The van der Waals surface area contributed by atoms with E-state index in [1.807, 2.05) is 31.2 Å². The number of rotatable bonds is 11. The molecule has 0 aliphatic carbocycles. The van der Waals surface area contributed by atoms with Crippen LogP contribution in [0.25, 0.3) is 0 Å². The van der Waals surface area contributed by atoms with Crippen LogP contribution in [0.5, 0.6) is 11.5 Å². The van der Waals surface area contributed by atoms with Crippen molar-refractivity contribution in [3.63, 3.8) is 0 Å². The van der Waals surface area contributed by atoms with Gasteiger partial charge in [-0.15, -0.1) is 0 Å². The van der Waals surface area contributed by atoms with Gasteiger partial charge in [0, 0.05) is 6.61 Å². The Bertz CT molecular complexity index is 331. The molecule has 0 spiro atoms. The Morgan fingerprint density at radius 1 is 0.895 bits per heavy atom. The molecule has 0 amide bonds. The number of unbranched alkanes of at least 4 members (excludes halogenated alkanes) is 2. The molecule has 0 unspecified atom stereocenters. The summed E-state index contributed by atoms with van der Waals surface area (Å²) in [4.78, 5) is 0. The van der Waals surface area contributed by atoms with Crippen LogP contribution < -0.4 is 15.2 Å². The number of nitrogens with two attached hydrogens (primary N) is 1. The predicted molar refractivity (Wildman–Crippen MR) is 76.8 cm³/mol. The van der Waals surface area contributed by atoms with Crippen molar-refractivity contribution in [3.8, 4) is 11.5 Å². The van der Waals surface area contributed by atoms with Gasteiger partial charge in [0.1, 0.15) is 6.61 Å². The SMILES string of the molecule is CCOc1ccccc1OCCOCCCCCN. The highest BCUT2D eigenvalue weighted by atomic mass is 16.5. The van der Waals surface area contributed by atoms with Gasteiger partial charge in [-0.05, 0) is 44.9 Å². The van der Waals surface area contributed by atoms with Crippen molar-refractivity contribution in [2.24, 2.45) is 5.73 Å². The van der Waals surface area contributed by atoms with E-state index < -0.39 is 0 Å².